The van der Waals surface area contributed by atoms with Crippen LogP contribution in [0.4, 0.5) is 5.69 Å². The van der Waals surface area contributed by atoms with Gasteiger partial charge in [0.05, 0.1) is 4.92 Å². The monoisotopic (exact) mass is 216 g/mol. The standard InChI is InChI=1S/C8H8N2O3.ClH/c1-5-4-6(10(12)13)2-3-7(5)8(9)11;/h2-4H,1H3,(H2,9,11);1H. The zero-order chi connectivity index (χ0) is 10.0. The first-order valence-corrected chi connectivity index (χ1v) is 3.57. The molecule has 2 N–H and O–H groups in total. The van der Waals surface area contributed by atoms with E-state index in [1.807, 2.05) is 0 Å². The van der Waals surface area contributed by atoms with Crippen molar-refractivity contribution in [3.8, 4) is 0 Å². The Kier molecular flexibility index (Phi) is 4.04. The van der Waals surface area contributed by atoms with Crippen LogP contribution in [0.15, 0.2) is 18.2 Å². The van der Waals surface area contributed by atoms with E-state index in [0.29, 0.717) is 11.1 Å². The predicted octanol–water partition coefficient (Wildman–Crippen LogP) is 1.42. The number of hydrogen-bond acceptors (Lipinski definition) is 3. The summed E-state index contributed by atoms with van der Waals surface area (Å²) in [6.07, 6.45) is 0. The molecule has 0 saturated heterocycles. The zero-order valence-corrected chi connectivity index (χ0v) is 8.21. The predicted molar refractivity (Wildman–Crippen MR) is 53.6 cm³/mol. The second-order valence-electron chi connectivity index (χ2n) is 2.62. The van der Waals surface area contributed by atoms with Crippen LogP contribution >= 0.6 is 12.4 Å². The molecule has 5 nitrogen and oxygen atoms in total. The molecule has 1 amide bonds. The first-order chi connectivity index (χ1) is 6.02. The molecule has 0 atom stereocenters. The van der Waals surface area contributed by atoms with Crippen molar-refractivity contribution in [2.75, 3.05) is 0 Å². The lowest BCUT2D eigenvalue weighted by molar-refractivity contribution is -0.384. The molecule has 0 heterocycles. The van der Waals surface area contributed by atoms with Gasteiger partial charge < -0.3 is 5.73 Å². The average Bonchev–Trinajstić information content (AvgIpc) is 2.03. The van der Waals surface area contributed by atoms with Gasteiger partial charge in [0.1, 0.15) is 0 Å². The molecule has 1 aromatic rings. The normalized spacial score (nSPS) is 8.93. The van der Waals surface area contributed by atoms with E-state index >= 15 is 0 Å². The second kappa shape index (κ2) is 4.57. The number of non-ortho nitro benzene ring substituents is 1. The number of nitro benzene ring substituents is 1. The van der Waals surface area contributed by atoms with Crippen molar-refractivity contribution >= 4 is 24.0 Å². The van der Waals surface area contributed by atoms with Crippen LogP contribution in [0, 0.1) is 17.0 Å². The highest BCUT2D eigenvalue weighted by Crippen LogP contribution is 2.16. The summed E-state index contributed by atoms with van der Waals surface area (Å²) in [6.45, 7) is 1.60. The number of aryl methyl sites for hydroxylation is 1. The number of amides is 1. The van der Waals surface area contributed by atoms with Crippen LogP contribution in [0.1, 0.15) is 15.9 Å². The highest BCUT2D eigenvalue weighted by atomic mass is 35.5. The van der Waals surface area contributed by atoms with Gasteiger partial charge >= 0.3 is 0 Å². The Bertz CT molecular complexity index is 379. The third-order valence-corrected chi connectivity index (χ3v) is 1.69. The number of hydrogen-bond donors (Lipinski definition) is 1. The lowest BCUT2D eigenvalue weighted by Crippen LogP contribution is -2.12. The molecule has 1 rings (SSSR count). The van der Waals surface area contributed by atoms with Gasteiger partial charge in [0.25, 0.3) is 5.69 Å². The molecule has 6 heteroatoms. The zero-order valence-electron chi connectivity index (χ0n) is 7.39. The van der Waals surface area contributed by atoms with Gasteiger partial charge in [0.15, 0.2) is 0 Å². The van der Waals surface area contributed by atoms with Gasteiger partial charge in [-0.3, -0.25) is 14.9 Å². The minimum absolute atomic E-state index is 0. The van der Waals surface area contributed by atoms with E-state index in [4.69, 9.17) is 5.73 Å². The maximum Gasteiger partial charge on any atom is 0.269 e. The number of nitro groups is 1. The molecule has 0 radical (unpaired) electrons. The van der Waals surface area contributed by atoms with E-state index in [2.05, 4.69) is 0 Å². The first kappa shape index (κ1) is 12.4. The van der Waals surface area contributed by atoms with E-state index in [1.165, 1.54) is 18.2 Å². The molecule has 0 spiro atoms. The number of carbonyl (C=O) groups is 1. The van der Waals surface area contributed by atoms with Gasteiger partial charge in [-0.1, -0.05) is 0 Å². The van der Waals surface area contributed by atoms with Crippen LogP contribution in [0.25, 0.3) is 0 Å². The van der Waals surface area contributed by atoms with Gasteiger partial charge in [-0.15, -0.1) is 12.4 Å². The summed E-state index contributed by atoms with van der Waals surface area (Å²) in [7, 11) is 0. The molecular weight excluding hydrogens is 208 g/mol. The maximum atomic E-state index is 10.8. The number of primary amides is 1. The molecule has 0 aliphatic rings. The van der Waals surface area contributed by atoms with Crippen molar-refractivity contribution in [1.82, 2.24) is 0 Å². The summed E-state index contributed by atoms with van der Waals surface area (Å²) in [5, 5.41) is 10.3. The smallest absolute Gasteiger partial charge is 0.269 e. The highest BCUT2D eigenvalue weighted by molar-refractivity contribution is 5.94. The Hall–Kier alpha value is -1.62. The second-order valence-corrected chi connectivity index (χ2v) is 2.62. The SMILES string of the molecule is Cc1cc([N+](=O)[O-])ccc1C(N)=O.Cl. The van der Waals surface area contributed by atoms with Crippen LogP contribution in [0.5, 0.6) is 0 Å². The minimum atomic E-state index is -0.576. The summed E-state index contributed by atoms with van der Waals surface area (Å²) < 4.78 is 0. The summed E-state index contributed by atoms with van der Waals surface area (Å²) in [4.78, 5) is 20.6. The van der Waals surface area contributed by atoms with Crippen LogP contribution in [-0.4, -0.2) is 10.8 Å². The van der Waals surface area contributed by atoms with Gasteiger partial charge in [-0.2, -0.15) is 0 Å². The first-order valence-electron chi connectivity index (χ1n) is 3.57. The number of nitrogens with zero attached hydrogens (tertiary/aromatic N) is 1. The third kappa shape index (κ3) is 2.43. The summed E-state index contributed by atoms with van der Waals surface area (Å²) >= 11 is 0. The van der Waals surface area contributed by atoms with Crippen LogP contribution in [0.2, 0.25) is 0 Å². The molecule has 0 fully saturated rings. The molecule has 0 bridgehead atoms. The molecule has 0 aliphatic carbocycles. The van der Waals surface area contributed by atoms with E-state index in [1.54, 1.807) is 6.92 Å². The minimum Gasteiger partial charge on any atom is -0.366 e. The summed E-state index contributed by atoms with van der Waals surface area (Å²) in [5.41, 5.74) is 5.82. The van der Waals surface area contributed by atoms with Crippen molar-refractivity contribution in [2.45, 2.75) is 6.92 Å². The van der Waals surface area contributed by atoms with Crippen LogP contribution in [-0.2, 0) is 0 Å². The highest BCUT2D eigenvalue weighted by Gasteiger charge is 2.10. The Labute approximate surface area is 86.5 Å². The number of nitrogens with two attached hydrogens (primary N) is 1. The molecule has 76 valence electrons. The lowest BCUT2D eigenvalue weighted by Gasteiger charge is -1.99. The van der Waals surface area contributed by atoms with Crippen molar-refractivity contribution in [3.05, 3.63) is 39.4 Å². The maximum absolute atomic E-state index is 10.8. The van der Waals surface area contributed by atoms with E-state index in [9.17, 15) is 14.9 Å². The van der Waals surface area contributed by atoms with Crippen LogP contribution in [0.3, 0.4) is 0 Å². The van der Waals surface area contributed by atoms with Crippen molar-refractivity contribution < 1.29 is 9.72 Å². The van der Waals surface area contributed by atoms with E-state index in [-0.39, 0.29) is 18.1 Å². The van der Waals surface area contributed by atoms with Crippen molar-refractivity contribution in [2.24, 2.45) is 5.73 Å². The molecule has 0 saturated carbocycles. The Morgan fingerprint density at radius 1 is 1.50 bits per heavy atom. The van der Waals surface area contributed by atoms with Crippen molar-refractivity contribution in [3.63, 3.8) is 0 Å². The number of rotatable bonds is 2. The van der Waals surface area contributed by atoms with Gasteiger partial charge in [0.2, 0.25) is 5.91 Å². The van der Waals surface area contributed by atoms with Gasteiger partial charge in [0, 0.05) is 17.7 Å². The molecule has 0 aliphatic heterocycles. The Balaban J connectivity index is 0.00000169. The lowest BCUT2D eigenvalue weighted by atomic mass is 10.1. The van der Waals surface area contributed by atoms with Gasteiger partial charge in [-0.25, -0.2) is 0 Å². The topological polar surface area (TPSA) is 86.2 Å². The molecule has 14 heavy (non-hydrogen) atoms. The molecule has 0 unspecified atom stereocenters. The largest absolute Gasteiger partial charge is 0.366 e. The fourth-order valence-corrected chi connectivity index (χ4v) is 1.04. The molecule has 1 aromatic carbocycles. The fourth-order valence-electron chi connectivity index (χ4n) is 1.04. The fraction of sp³-hybridized carbons (Fsp3) is 0.125. The Morgan fingerprint density at radius 3 is 2.43 bits per heavy atom. The van der Waals surface area contributed by atoms with Crippen molar-refractivity contribution in [1.29, 1.82) is 0 Å². The average molecular weight is 217 g/mol. The number of halogens is 1. The van der Waals surface area contributed by atoms with Crippen LogP contribution < -0.4 is 5.73 Å². The third-order valence-electron chi connectivity index (χ3n) is 1.69. The van der Waals surface area contributed by atoms with E-state index < -0.39 is 10.8 Å². The Morgan fingerprint density at radius 2 is 2.07 bits per heavy atom. The van der Waals surface area contributed by atoms with E-state index in [0.717, 1.165) is 0 Å². The number of carbonyl (C=O) groups excluding carboxylic acids is 1. The van der Waals surface area contributed by atoms with Gasteiger partial charge in [-0.05, 0) is 18.6 Å². The molecular formula is C8H9ClN2O3. The molecule has 0 aromatic heterocycles. The quantitative estimate of drug-likeness (QED) is 0.599. The number of benzene rings is 1. The summed E-state index contributed by atoms with van der Waals surface area (Å²) in [6, 6.07) is 3.93. The summed E-state index contributed by atoms with van der Waals surface area (Å²) in [5.74, 6) is -0.576.